The summed E-state index contributed by atoms with van der Waals surface area (Å²) < 4.78 is 5.02. The van der Waals surface area contributed by atoms with E-state index in [9.17, 15) is 14.4 Å². The molecule has 0 saturated carbocycles. The molecular formula is C22H25NO4S. The largest absolute Gasteiger partial charge is 0.456 e. The van der Waals surface area contributed by atoms with E-state index in [-0.39, 0.29) is 18.8 Å². The van der Waals surface area contributed by atoms with Crippen LogP contribution in [0.2, 0.25) is 0 Å². The van der Waals surface area contributed by atoms with Crippen molar-refractivity contribution in [2.75, 3.05) is 12.4 Å². The first-order chi connectivity index (χ1) is 13.4. The first-order valence-corrected chi connectivity index (χ1v) is 10.1. The Labute approximate surface area is 169 Å². The van der Waals surface area contributed by atoms with Crippen LogP contribution in [-0.2, 0) is 25.5 Å². The lowest BCUT2D eigenvalue weighted by atomic mass is 10.0. The summed E-state index contributed by atoms with van der Waals surface area (Å²) in [6, 6.07) is 16.9. The second-order valence-corrected chi connectivity index (χ2v) is 7.66. The molecule has 0 aromatic heterocycles. The summed E-state index contributed by atoms with van der Waals surface area (Å²) in [5.74, 6) is -0.473. The van der Waals surface area contributed by atoms with Gasteiger partial charge < -0.3 is 10.1 Å². The zero-order chi connectivity index (χ0) is 20.4. The van der Waals surface area contributed by atoms with E-state index in [4.69, 9.17) is 4.74 Å². The Kier molecular flexibility index (Phi) is 8.75. The lowest BCUT2D eigenvalue weighted by Crippen LogP contribution is -2.43. The number of hydrogen-bond acceptors (Lipinski definition) is 5. The Bertz CT molecular complexity index is 790. The Balaban J connectivity index is 1.70. The molecule has 0 aliphatic heterocycles. The summed E-state index contributed by atoms with van der Waals surface area (Å²) in [7, 11) is 0. The summed E-state index contributed by atoms with van der Waals surface area (Å²) in [5, 5.41) is 2.64. The molecule has 5 nitrogen and oxygen atoms in total. The number of Topliss-reactive ketones (excluding diaryl/α,β-unsaturated/α-hetero) is 1. The molecule has 0 aliphatic carbocycles. The highest BCUT2D eigenvalue weighted by Gasteiger charge is 2.18. The molecule has 0 radical (unpaired) electrons. The molecule has 2 rings (SSSR count). The predicted molar refractivity (Wildman–Crippen MR) is 110 cm³/mol. The second kappa shape index (κ2) is 11.3. The molecule has 1 atom stereocenters. The third-order valence-electron chi connectivity index (χ3n) is 4.07. The maximum atomic E-state index is 12.0. The SMILES string of the molecule is CC(=O)C(Cc1ccccc1)NC(=O)COC(=O)CCSc1ccc(C)cc1. The molecule has 0 saturated heterocycles. The first-order valence-electron chi connectivity index (χ1n) is 9.13. The number of nitrogens with one attached hydrogen (secondary N) is 1. The summed E-state index contributed by atoms with van der Waals surface area (Å²) in [4.78, 5) is 36.7. The Morgan fingerprint density at radius 2 is 1.71 bits per heavy atom. The Hall–Kier alpha value is -2.60. The van der Waals surface area contributed by atoms with Gasteiger partial charge in [0.2, 0.25) is 0 Å². The lowest BCUT2D eigenvalue weighted by Gasteiger charge is -2.16. The number of ketones is 1. The summed E-state index contributed by atoms with van der Waals surface area (Å²) in [6.45, 7) is 3.07. The van der Waals surface area contributed by atoms with Crippen LogP contribution in [0.15, 0.2) is 59.5 Å². The normalized spacial score (nSPS) is 11.5. The van der Waals surface area contributed by atoms with Crippen LogP contribution in [0.25, 0.3) is 0 Å². The van der Waals surface area contributed by atoms with E-state index in [1.54, 1.807) is 11.8 Å². The van der Waals surface area contributed by atoms with Gasteiger partial charge in [-0.25, -0.2) is 0 Å². The molecule has 0 aliphatic rings. The van der Waals surface area contributed by atoms with Crippen LogP contribution in [0.3, 0.4) is 0 Å². The van der Waals surface area contributed by atoms with Crippen molar-refractivity contribution in [2.24, 2.45) is 0 Å². The zero-order valence-electron chi connectivity index (χ0n) is 16.1. The van der Waals surface area contributed by atoms with Crippen LogP contribution < -0.4 is 5.32 Å². The number of carbonyl (C=O) groups excluding carboxylic acids is 3. The van der Waals surface area contributed by atoms with Crippen LogP contribution >= 0.6 is 11.8 Å². The monoisotopic (exact) mass is 399 g/mol. The van der Waals surface area contributed by atoms with E-state index in [1.165, 1.54) is 12.5 Å². The van der Waals surface area contributed by atoms with Gasteiger partial charge in [-0.15, -0.1) is 11.8 Å². The van der Waals surface area contributed by atoms with Crippen molar-refractivity contribution in [3.63, 3.8) is 0 Å². The maximum absolute atomic E-state index is 12.0. The topological polar surface area (TPSA) is 72.5 Å². The predicted octanol–water partition coefficient (Wildman–Crippen LogP) is 3.34. The van der Waals surface area contributed by atoms with Crippen LogP contribution in [0, 0.1) is 6.92 Å². The number of benzene rings is 2. The highest BCUT2D eigenvalue weighted by Crippen LogP contribution is 2.19. The van der Waals surface area contributed by atoms with E-state index in [0.717, 1.165) is 10.5 Å². The number of hydrogen-bond donors (Lipinski definition) is 1. The number of ether oxygens (including phenoxy) is 1. The molecule has 0 spiro atoms. The Morgan fingerprint density at radius 1 is 1.04 bits per heavy atom. The Morgan fingerprint density at radius 3 is 2.36 bits per heavy atom. The van der Waals surface area contributed by atoms with Crippen LogP contribution in [-0.4, -0.2) is 36.1 Å². The van der Waals surface area contributed by atoms with Gasteiger partial charge in [0.25, 0.3) is 5.91 Å². The molecule has 1 N–H and O–H groups in total. The van der Waals surface area contributed by atoms with Crippen molar-refractivity contribution >= 4 is 29.4 Å². The first kappa shape index (κ1) is 21.7. The number of thioether (sulfide) groups is 1. The molecule has 148 valence electrons. The molecule has 2 aromatic rings. The fourth-order valence-electron chi connectivity index (χ4n) is 2.49. The van der Waals surface area contributed by atoms with Crippen molar-refractivity contribution in [2.45, 2.75) is 37.6 Å². The van der Waals surface area contributed by atoms with Gasteiger partial charge in [0.1, 0.15) is 0 Å². The maximum Gasteiger partial charge on any atom is 0.307 e. The van der Waals surface area contributed by atoms with Gasteiger partial charge in [0.05, 0.1) is 12.5 Å². The van der Waals surface area contributed by atoms with Gasteiger partial charge in [0.15, 0.2) is 12.4 Å². The minimum absolute atomic E-state index is 0.141. The molecule has 28 heavy (non-hydrogen) atoms. The average molecular weight is 400 g/mol. The number of amides is 1. The molecular weight excluding hydrogens is 374 g/mol. The molecule has 0 heterocycles. The van der Waals surface area contributed by atoms with Crippen LogP contribution in [0.4, 0.5) is 0 Å². The fourth-order valence-corrected chi connectivity index (χ4v) is 3.32. The summed E-state index contributed by atoms with van der Waals surface area (Å²) in [5.41, 5.74) is 2.14. The van der Waals surface area contributed by atoms with Gasteiger partial charge in [-0.3, -0.25) is 14.4 Å². The van der Waals surface area contributed by atoms with E-state index >= 15 is 0 Å². The smallest absolute Gasteiger partial charge is 0.307 e. The van der Waals surface area contributed by atoms with Gasteiger partial charge in [-0.1, -0.05) is 48.0 Å². The third-order valence-corrected chi connectivity index (χ3v) is 5.08. The molecule has 1 amide bonds. The highest BCUT2D eigenvalue weighted by molar-refractivity contribution is 7.99. The van der Waals surface area contributed by atoms with E-state index in [1.807, 2.05) is 61.5 Å². The molecule has 0 fully saturated rings. The van der Waals surface area contributed by atoms with Crippen LogP contribution in [0.1, 0.15) is 24.5 Å². The van der Waals surface area contributed by atoms with Crippen molar-refractivity contribution in [1.82, 2.24) is 5.32 Å². The van der Waals surface area contributed by atoms with Crippen molar-refractivity contribution in [3.8, 4) is 0 Å². The van der Waals surface area contributed by atoms with Crippen LogP contribution in [0.5, 0.6) is 0 Å². The molecule has 0 bridgehead atoms. The van der Waals surface area contributed by atoms with E-state index in [2.05, 4.69) is 5.32 Å². The van der Waals surface area contributed by atoms with Crippen molar-refractivity contribution < 1.29 is 19.1 Å². The number of rotatable bonds is 10. The highest BCUT2D eigenvalue weighted by atomic mass is 32.2. The van der Waals surface area contributed by atoms with E-state index < -0.39 is 17.9 Å². The molecule has 6 heteroatoms. The zero-order valence-corrected chi connectivity index (χ0v) is 17.0. The molecule has 2 aromatic carbocycles. The minimum atomic E-state index is -0.634. The quantitative estimate of drug-likeness (QED) is 0.490. The van der Waals surface area contributed by atoms with Gasteiger partial charge in [0, 0.05) is 10.6 Å². The summed E-state index contributed by atoms with van der Waals surface area (Å²) >= 11 is 1.56. The van der Waals surface area contributed by atoms with Gasteiger partial charge >= 0.3 is 5.97 Å². The standard InChI is InChI=1S/C22H25NO4S/c1-16-8-10-19(11-9-16)28-13-12-22(26)27-15-21(25)23-20(17(2)24)14-18-6-4-3-5-7-18/h3-11,20H,12-15H2,1-2H3,(H,23,25). The number of esters is 1. The van der Waals surface area contributed by atoms with Crippen molar-refractivity contribution in [1.29, 1.82) is 0 Å². The van der Waals surface area contributed by atoms with Crippen molar-refractivity contribution in [3.05, 3.63) is 65.7 Å². The number of aryl methyl sites for hydroxylation is 1. The average Bonchev–Trinajstić information content (AvgIpc) is 2.68. The minimum Gasteiger partial charge on any atom is -0.456 e. The van der Waals surface area contributed by atoms with Gasteiger partial charge in [-0.2, -0.15) is 0 Å². The third kappa shape index (κ3) is 7.96. The number of carbonyl (C=O) groups is 3. The van der Waals surface area contributed by atoms with Gasteiger partial charge in [-0.05, 0) is 38.0 Å². The summed E-state index contributed by atoms with van der Waals surface area (Å²) in [6.07, 6.45) is 0.620. The second-order valence-electron chi connectivity index (χ2n) is 6.49. The molecule has 1 unspecified atom stereocenters. The fraction of sp³-hybridized carbons (Fsp3) is 0.318. The lowest BCUT2D eigenvalue weighted by molar-refractivity contribution is -0.148. The van der Waals surface area contributed by atoms with E-state index in [0.29, 0.717) is 12.2 Å².